The largest absolute Gasteiger partial charge is 0.337 e. The number of carbonyl (C=O) groups is 1. The predicted molar refractivity (Wildman–Crippen MR) is 134 cm³/mol. The van der Waals surface area contributed by atoms with E-state index in [1.807, 2.05) is 98.9 Å². The van der Waals surface area contributed by atoms with E-state index in [0.717, 1.165) is 16.7 Å². The third kappa shape index (κ3) is 4.31. The van der Waals surface area contributed by atoms with Crippen LogP contribution in [0.3, 0.4) is 0 Å². The molecule has 3 aromatic carbocycles. The number of nitrogens with zero attached hydrogens (tertiary/aromatic N) is 3. The molecular formula is C29H27N3O. The van der Waals surface area contributed by atoms with Gasteiger partial charge in [-0.2, -0.15) is 0 Å². The van der Waals surface area contributed by atoms with Gasteiger partial charge in [-0.3, -0.25) is 9.69 Å². The summed E-state index contributed by atoms with van der Waals surface area (Å²) in [7, 11) is 0. The first-order valence-electron chi connectivity index (χ1n) is 11.1. The number of anilines is 1. The van der Waals surface area contributed by atoms with Gasteiger partial charge in [0.15, 0.2) is 0 Å². The van der Waals surface area contributed by atoms with Gasteiger partial charge < -0.3 is 4.57 Å². The number of carbonyl (C=O) groups excluding carboxylic acids is 1. The fraction of sp³-hybridized carbons (Fsp3) is 0.172. The van der Waals surface area contributed by atoms with Crippen LogP contribution in [0.25, 0.3) is 4.85 Å². The third-order valence-electron chi connectivity index (χ3n) is 6.11. The smallest absolute Gasteiger partial charge is 0.258 e. The van der Waals surface area contributed by atoms with Crippen LogP contribution in [0.1, 0.15) is 53.0 Å². The van der Waals surface area contributed by atoms with E-state index >= 15 is 0 Å². The zero-order valence-electron chi connectivity index (χ0n) is 19.1. The van der Waals surface area contributed by atoms with Gasteiger partial charge in [-0.15, -0.1) is 0 Å². The summed E-state index contributed by atoms with van der Waals surface area (Å²) in [5, 5.41) is 0. The maximum atomic E-state index is 14.0. The molecule has 0 bridgehead atoms. The summed E-state index contributed by atoms with van der Waals surface area (Å²) in [6, 6.07) is 29.1. The van der Waals surface area contributed by atoms with Crippen LogP contribution in [0.5, 0.6) is 0 Å². The Morgan fingerprint density at radius 2 is 1.36 bits per heavy atom. The Balaban J connectivity index is 1.93. The molecule has 0 N–H and O–H groups in total. The van der Waals surface area contributed by atoms with E-state index in [2.05, 4.69) is 28.5 Å². The van der Waals surface area contributed by atoms with Crippen LogP contribution >= 0.6 is 0 Å². The van der Waals surface area contributed by atoms with Gasteiger partial charge in [-0.1, -0.05) is 78.9 Å². The van der Waals surface area contributed by atoms with Crippen molar-refractivity contribution in [3.63, 3.8) is 0 Å². The van der Waals surface area contributed by atoms with E-state index < -0.39 is 0 Å². The molecule has 0 aliphatic rings. The first kappa shape index (κ1) is 22.1. The van der Waals surface area contributed by atoms with Crippen molar-refractivity contribution < 1.29 is 4.79 Å². The molecule has 164 valence electrons. The van der Waals surface area contributed by atoms with Crippen molar-refractivity contribution in [1.29, 1.82) is 0 Å². The van der Waals surface area contributed by atoms with E-state index in [1.165, 1.54) is 0 Å². The molecule has 0 fully saturated rings. The highest BCUT2D eigenvalue weighted by Crippen LogP contribution is 2.42. The Hall–Kier alpha value is -4.10. The van der Waals surface area contributed by atoms with Crippen molar-refractivity contribution in [3.8, 4) is 0 Å². The highest BCUT2D eigenvalue weighted by molar-refractivity contribution is 6.08. The van der Waals surface area contributed by atoms with Crippen LogP contribution in [-0.2, 0) is 0 Å². The summed E-state index contributed by atoms with van der Waals surface area (Å²) in [5.41, 5.74) is 4.08. The molecule has 0 aliphatic heterocycles. The van der Waals surface area contributed by atoms with Gasteiger partial charge in [0.2, 0.25) is 5.69 Å². The second-order valence-corrected chi connectivity index (χ2v) is 8.22. The molecule has 33 heavy (non-hydrogen) atoms. The molecule has 4 heteroatoms. The van der Waals surface area contributed by atoms with Crippen LogP contribution in [0.4, 0.5) is 11.5 Å². The van der Waals surface area contributed by atoms with E-state index in [4.69, 9.17) is 6.57 Å². The third-order valence-corrected chi connectivity index (χ3v) is 6.11. The van der Waals surface area contributed by atoms with E-state index in [1.54, 1.807) is 4.90 Å². The van der Waals surface area contributed by atoms with Crippen molar-refractivity contribution >= 4 is 17.4 Å². The molecule has 2 unspecified atom stereocenters. The Labute approximate surface area is 195 Å². The van der Waals surface area contributed by atoms with Crippen LogP contribution in [0.2, 0.25) is 0 Å². The van der Waals surface area contributed by atoms with Crippen LogP contribution in [0.15, 0.2) is 97.2 Å². The molecule has 0 saturated carbocycles. The van der Waals surface area contributed by atoms with Gasteiger partial charge in [-0.25, -0.2) is 4.85 Å². The summed E-state index contributed by atoms with van der Waals surface area (Å²) >= 11 is 0. The lowest BCUT2D eigenvalue weighted by Gasteiger charge is -2.33. The predicted octanol–water partition coefficient (Wildman–Crippen LogP) is 7.36. The second kappa shape index (κ2) is 9.58. The lowest BCUT2D eigenvalue weighted by atomic mass is 10.0. The molecule has 4 aromatic rings. The molecule has 1 heterocycles. The van der Waals surface area contributed by atoms with Gasteiger partial charge in [0, 0.05) is 5.56 Å². The number of aromatic nitrogens is 1. The minimum absolute atomic E-state index is 0.0514. The Morgan fingerprint density at radius 1 is 0.848 bits per heavy atom. The Bertz CT molecular complexity index is 1270. The first-order valence-corrected chi connectivity index (χ1v) is 11.1. The molecule has 0 aliphatic carbocycles. The molecule has 2 atom stereocenters. The quantitative estimate of drug-likeness (QED) is 0.292. The second-order valence-electron chi connectivity index (χ2n) is 8.22. The molecule has 0 radical (unpaired) electrons. The van der Waals surface area contributed by atoms with Crippen LogP contribution < -0.4 is 4.90 Å². The molecular weight excluding hydrogens is 406 g/mol. The SMILES string of the molecule is [C-]#[N+]c1c(C)cn(C(C)c2ccccc2)c1N(C(=O)c1ccccc1)C(C)c1ccccc1. The fourth-order valence-corrected chi connectivity index (χ4v) is 4.25. The highest BCUT2D eigenvalue weighted by Gasteiger charge is 2.31. The lowest BCUT2D eigenvalue weighted by molar-refractivity contribution is 0.0976. The summed E-state index contributed by atoms with van der Waals surface area (Å²) in [6.45, 7) is 14.0. The topological polar surface area (TPSA) is 29.6 Å². The van der Waals surface area contributed by atoms with Crippen LogP contribution in [-0.4, -0.2) is 10.5 Å². The zero-order chi connectivity index (χ0) is 23.4. The maximum Gasteiger partial charge on any atom is 0.258 e. The Kier molecular flexibility index (Phi) is 6.42. The summed E-state index contributed by atoms with van der Waals surface area (Å²) in [6.07, 6.45) is 1.99. The Morgan fingerprint density at radius 3 is 1.91 bits per heavy atom. The summed E-state index contributed by atoms with van der Waals surface area (Å²) in [4.78, 5) is 19.6. The molecule has 1 amide bonds. The summed E-state index contributed by atoms with van der Waals surface area (Å²) in [5.74, 6) is 0.500. The average Bonchev–Trinajstić information content (AvgIpc) is 3.20. The standard InChI is InChI=1S/C29H27N3O/c1-21-20-31(22(2)24-14-8-5-9-15-24)28(27(21)30-4)32(23(3)25-16-10-6-11-17-25)29(33)26-18-12-7-13-19-26/h5-20,22-23H,1-3H3. The fourth-order valence-electron chi connectivity index (χ4n) is 4.25. The monoisotopic (exact) mass is 433 g/mol. The van der Waals surface area contributed by atoms with E-state index in [9.17, 15) is 4.79 Å². The number of amides is 1. The zero-order valence-corrected chi connectivity index (χ0v) is 19.1. The van der Waals surface area contributed by atoms with Crippen molar-refractivity contribution in [2.24, 2.45) is 0 Å². The molecule has 4 nitrogen and oxygen atoms in total. The normalized spacial score (nSPS) is 12.5. The van der Waals surface area contributed by atoms with Gasteiger partial charge in [0.05, 0.1) is 18.7 Å². The number of rotatable bonds is 6. The lowest BCUT2D eigenvalue weighted by Crippen LogP contribution is -2.35. The van der Waals surface area contributed by atoms with Crippen molar-refractivity contribution in [2.75, 3.05) is 4.90 Å². The van der Waals surface area contributed by atoms with Crippen molar-refractivity contribution in [3.05, 3.63) is 131 Å². The van der Waals surface area contributed by atoms with Crippen molar-refractivity contribution in [1.82, 2.24) is 4.57 Å². The highest BCUT2D eigenvalue weighted by atomic mass is 16.2. The number of hydrogen-bond acceptors (Lipinski definition) is 1. The van der Waals surface area contributed by atoms with E-state index in [0.29, 0.717) is 17.1 Å². The number of hydrogen-bond donors (Lipinski definition) is 0. The van der Waals surface area contributed by atoms with Crippen LogP contribution in [0, 0.1) is 13.5 Å². The number of benzene rings is 3. The average molecular weight is 434 g/mol. The summed E-state index contributed by atoms with van der Waals surface area (Å²) < 4.78 is 2.07. The molecule has 0 spiro atoms. The van der Waals surface area contributed by atoms with Crippen molar-refractivity contribution in [2.45, 2.75) is 32.9 Å². The van der Waals surface area contributed by atoms with E-state index in [-0.39, 0.29) is 18.0 Å². The van der Waals surface area contributed by atoms with Gasteiger partial charge in [0.25, 0.3) is 5.91 Å². The minimum Gasteiger partial charge on any atom is -0.337 e. The minimum atomic E-state index is -0.268. The van der Waals surface area contributed by atoms with Gasteiger partial charge >= 0.3 is 0 Å². The molecule has 1 aromatic heterocycles. The molecule has 0 saturated heterocycles. The first-order chi connectivity index (χ1) is 16.0. The molecule has 4 rings (SSSR count). The maximum absolute atomic E-state index is 14.0. The number of aryl methyl sites for hydroxylation is 1. The van der Waals surface area contributed by atoms with Gasteiger partial charge in [-0.05, 0) is 55.8 Å². The van der Waals surface area contributed by atoms with Gasteiger partial charge in [0.1, 0.15) is 5.82 Å².